The van der Waals surface area contributed by atoms with E-state index in [2.05, 4.69) is 0 Å². The van der Waals surface area contributed by atoms with E-state index in [9.17, 15) is 0 Å². The summed E-state index contributed by atoms with van der Waals surface area (Å²) >= 11 is 0. The van der Waals surface area contributed by atoms with E-state index in [1.165, 1.54) is 0 Å². The van der Waals surface area contributed by atoms with Gasteiger partial charge >= 0.3 is 0 Å². The smallest absolute Gasteiger partial charge is 0.189 e. The molecular formula is C12H16O4. The molecule has 1 aliphatic rings. The van der Waals surface area contributed by atoms with Gasteiger partial charge in [-0.1, -0.05) is 12.1 Å². The second kappa shape index (κ2) is 5.84. The van der Waals surface area contributed by atoms with E-state index in [-0.39, 0.29) is 12.9 Å². The summed E-state index contributed by atoms with van der Waals surface area (Å²) in [6.07, 6.45) is 0.262. The van der Waals surface area contributed by atoms with E-state index < -0.39 is 0 Å². The highest BCUT2D eigenvalue weighted by Crippen LogP contribution is 2.31. The van der Waals surface area contributed by atoms with Crippen molar-refractivity contribution in [3.05, 3.63) is 29.8 Å². The first-order valence-corrected chi connectivity index (χ1v) is 5.31. The lowest BCUT2D eigenvalue weighted by Gasteiger charge is -2.07. The fourth-order valence-electron chi connectivity index (χ4n) is 1.36. The van der Waals surface area contributed by atoms with Gasteiger partial charge in [0.25, 0.3) is 0 Å². The van der Waals surface area contributed by atoms with Crippen LogP contribution in [0, 0.1) is 0 Å². The van der Waals surface area contributed by atoms with Crippen molar-refractivity contribution in [2.45, 2.75) is 6.10 Å². The number of rotatable bonds is 7. The molecule has 0 amide bonds. The maximum atomic E-state index is 5.44. The predicted octanol–water partition coefficient (Wildman–Crippen LogP) is 1.76. The van der Waals surface area contributed by atoms with Crippen molar-refractivity contribution in [1.82, 2.24) is 0 Å². The second-order valence-electron chi connectivity index (χ2n) is 3.56. The summed E-state index contributed by atoms with van der Waals surface area (Å²) in [5.41, 5.74) is 1.16. The van der Waals surface area contributed by atoms with Gasteiger partial charge < -0.3 is 18.9 Å². The van der Waals surface area contributed by atoms with Gasteiger partial charge in [-0.15, -0.1) is 0 Å². The third-order valence-corrected chi connectivity index (χ3v) is 2.30. The fraction of sp³-hybridized carbons (Fsp3) is 0.500. The zero-order valence-corrected chi connectivity index (χ0v) is 9.35. The van der Waals surface area contributed by atoms with Crippen molar-refractivity contribution in [1.29, 1.82) is 0 Å². The van der Waals surface area contributed by atoms with Crippen LogP contribution in [-0.4, -0.2) is 33.7 Å². The highest BCUT2D eigenvalue weighted by molar-refractivity contribution is 5.31. The minimum atomic E-state index is 0.248. The van der Waals surface area contributed by atoms with E-state index in [4.69, 9.17) is 18.9 Å². The van der Waals surface area contributed by atoms with Crippen molar-refractivity contribution >= 4 is 0 Å². The summed E-state index contributed by atoms with van der Waals surface area (Å²) in [4.78, 5) is 0. The molecule has 0 N–H and O–H groups in total. The molecule has 0 aliphatic carbocycles. The summed E-state index contributed by atoms with van der Waals surface area (Å²) in [6.45, 7) is 2.19. The van der Waals surface area contributed by atoms with Crippen LogP contribution in [0.2, 0.25) is 0 Å². The van der Waals surface area contributed by atoms with Crippen molar-refractivity contribution in [3.63, 3.8) is 0 Å². The van der Waals surface area contributed by atoms with E-state index in [1.807, 2.05) is 24.3 Å². The average molecular weight is 224 g/mol. The van der Waals surface area contributed by atoms with Gasteiger partial charge in [0.15, 0.2) is 6.79 Å². The minimum Gasteiger partial charge on any atom is -0.468 e. The first kappa shape index (κ1) is 11.4. The van der Waals surface area contributed by atoms with Gasteiger partial charge in [-0.2, -0.15) is 0 Å². The fourth-order valence-corrected chi connectivity index (χ4v) is 1.36. The van der Waals surface area contributed by atoms with Crippen LogP contribution < -0.4 is 4.74 Å². The summed E-state index contributed by atoms with van der Waals surface area (Å²) < 4.78 is 20.7. The highest BCUT2D eigenvalue weighted by atomic mass is 16.7. The Morgan fingerprint density at radius 1 is 1.38 bits per heavy atom. The Balaban J connectivity index is 1.73. The summed E-state index contributed by atoms with van der Waals surface area (Å²) in [5.74, 6) is 0.811. The van der Waals surface area contributed by atoms with Crippen LogP contribution in [0.1, 0.15) is 11.7 Å². The number of ether oxygens (including phenoxy) is 4. The molecule has 1 aromatic carbocycles. The maximum absolute atomic E-state index is 5.44. The third-order valence-electron chi connectivity index (χ3n) is 2.30. The Morgan fingerprint density at radius 2 is 2.25 bits per heavy atom. The zero-order valence-electron chi connectivity index (χ0n) is 9.35. The number of hydrogen-bond donors (Lipinski definition) is 0. The van der Waals surface area contributed by atoms with Gasteiger partial charge in [0.2, 0.25) is 0 Å². The quantitative estimate of drug-likeness (QED) is 0.402. The standard InChI is InChI=1S/C12H16O4/c1-13-5-6-14-9-16-11-4-2-3-10(7-11)12-8-15-12/h2-4,7,12H,5-6,8-9H2,1H3/t12-/m1/s1. The molecule has 0 spiro atoms. The largest absolute Gasteiger partial charge is 0.468 e. The molecule has 0 bridgehead atoms. The summed E-state index contributed by atoms with van der Waals surface area (Å²) in [5, 5.41) is 0. The van der Waals surface area contributed by atoms with E-state index in [1.54, 1.807) is 7.11 Å². The molecule has 1 heterocycles. The lowest BCUT2D eigenvalue weighted by Crippen LogP contribution is -2.07. The van der Waals surface area contributed by atoms with Crippen LogP contribution in [0.3, 0.4) is 0 Å². The first-order valence-electron chi connectivity index (χ1n) is 5.31. The van der Waals surface area contributed by atoms with E-state index in [0.717, 1.165) is 17.9 Å². The van der Waals surface area contributed by atoms with E-state index >= 15 is 0 Å². The van der Waals surface area contributed by atoms with Gasteiger partial charge in [0, 0.05) is 7.11 Å². The summed E-state index contributed by atoms with van der Waals surface area (Å²) in [6, 6.07) is 7.89. The zero-order chi connectivity index (χ0) is 11.2. The molecular weight excluding hydrogens is 208 g/mol. The molecule has 0 unspecified atom stereocenters. The molecule has 4 heteroatoms. The Labute approximate surface area is 95.1 Å². The molecule has 16 heavy (non-hydrogen) atoms. The van der Waals surface area contributed by atoms with E-state index in [0.29, 0.717) is 13.2 Å². The Kier molecular flexibility index (Phi) is 4.16. The van der Waals surface area contributed by atoms with Gasteiger partial charge in [0.1, 0.15) is 11.9 Å². The Bertz CT molecular complexity index is 323. The van der Waals surface area contributed by atoms with Crippen LogP contribution in [0.25, 0.3) is 0 Å². The number of methoxy groups -OCH3 is 1. The van der Waals surface area contributed by atoms with Gasteiger partial charge in [-0.25, -0.2) is 0 Å². The molecule has 0 aromatic heterocycles. The molecule has 1 saturated heterocycles. The van der Waals surface area contributed by atoms with Crippen LogP contribution in [0.4, 0.5) is 0 Å². The Hall–Kier alpha value is -1.10. The Morgan fingerprint density at radius 3 is 3.00 bits per heavy atom. The molecule has 0 saturated carbocycles. The second-order valence-corrected chi connectivity index (χ2v) is 3.56. The van der Waals surface area contributed by atoms with Gasteiger partial charge in [-0.3, -0.25) is 0 Å². The van der Waals surface area contributed by atoms with Gasteiger partial charge in [0.05, 0.1) is 19.8 Å². The van der Waals surface area contributed by atoms with Crippen LogP contribution in [0.5, 0.6) is 5.75 Å². The molecule has 2 rings (SSSR count). The SMILES string of the molecule is COCCOCOc1cccc([C@H]2CO2)c1. The molecule has 1 aromatic rings. The lowest BCUT2D eigenvalue weighted by atomic mass is 10.1. The molecule has 88 valence electrons. The normalized spacial score (nSPS) is 18.4. The first-order chi connectivity index (χ1) is 7.90. The lowest BCUT2D eigenvalue weighted by molar-refractivity contribution is -0.00850. The van der Waals surface area contributed by atoms with Crippen LogP contribution in [-0.2, 0) is 14.2 Å². The topological polar surface area (TPSA) is 40.2 Å². The molecule has 1 fully saturated rings. The van der Waals surface area contributed by atoms with Crippen LogP contribution in [0.15, 0.2) is 24.3 Å². The minimum absolute atomic E-state index is 0.248. The van der Waals surface area contributed by atoms with Crippen molar-refractivity contribution in [3.8, 4) is 5.75 Å². The average Bonchev–Trinajstić information content (AvgIpc) is 3.13. The monoisotopic (exact) mass is 224 g/mol. The third kappa shape index (κ3) is 3.48. The number of epoxide rings is 1. The predicted molar refractivity (Wildman–Crippen MR) is 58.5 cm³/mol. The van der Waals surface area contributed by atoms with Crippen molar-refractivity contribution in [2.75, 3.05) is 33.7 Å². The molecule has 1 aliphatic heterocycles. The molecule has 4 nitrogen and oxygen atoms in total. The van der Waals surface area contributed by atoms with Crippen molar-refractivity contribution in [2.24, 2.45) is 0 Å². The van der Waals surface area contributed by atoms with Crippen molar-refractivity contribution < 1.29 is 18.9 Å². The van der Waals surface area contributed by atoms with Crippen LogP contribution >= 0.6 is 0 Å². The number of hydrogen-bond acceptors (Lipinski definition) is 4. The number of benzene rings is 1. The maximum Gasteiger partial charge on any atom is 0.189 e. The molecule has 0 radical (unpaired) electrons. The summed E-state index contributed by atoms with van der Waals surface area (Å²) in [7, 11) is 1.64. The molecule has 1 atom stereocenters. The highest BCUT2D eigenvalue weighted by Gasteiger charge is 2.24. The van der Waals surface area contributed by atoms with Gasteiger partial charge in [-0.05, 0) is 17.7 Å².